The molecule has 1 aromatic rings. The van der Waals surface area contributed by atoms with Gasteiger partial charge in [-0.3, -0.25) is 14.4 Å². The van der Waals surface area contributed by atoms with E-state index in [-0.39, 0.29) is 48.8 Å². The van der Waals surface area contributed by atoms with Crippen molar-refractivity contribution in [3.8, 4) is 5.75 Å². The minimum absolute atomic E-state index is 0.00648. The van der Waals surface area contributed by atoms with Gasteiger partial charge in [0.25, 0.3) is 17.7 Å². The zero-order valence-electron chi connectivity index (χ0n) is 21.8. The average Bonchev–Trinajstić information content (AvgIpc) is 3.16. The minimum Gasteiger partial charge on any atom is -0.490 e. The van der Waals surface area contributed by atoms with Gasteiger partial charge in [0.15, 0.2) is 0 Å². The van der Waals surface area contributed by atoms with Crippen molar-refractivity contribution in [1.29, 1.82) is 0 Å². The van der Waals surface area contributed by atoms with Crippen molar-refractivity contribution in [3.05, 3.63) is 29.8 Å². The Morgan fingerprint density at radius 2 is 1.86 bits per heavy atom. The van der Waals surface area contributed by atoms with Gasteiger partial charge in [-0.1, -0.05) is 61.8 Å². The van der Waals surface area contributed by atoms with Crippen molar-refractivity contribution in [1.82, 2.24) is 10.4 Å². The number of carbonyl (C=O) groups excluding carboxylic acids is 4. The number of benzene rings is 1. The lowest BCUT2D eigenvalue weighted by Gasteiger charge is -2.22. The first-order valence-electron chi connectivity index (χ1n) is 12.2. The molecule has 1 aliphatic heterocycles. The van der Waals surface area contributed by atoms with Gasteiger partial charge in [-0.25, -0.2) is 4.79 Å². The normalized spacial score (nSPS) is 14.5. The zero-order valence-corrected chi connectivity index (χ0v) is 23.4. The molecule has 3 amide bonds. The molecule has 1 aromatic carbocycles. The highest BCUT2D eigenvalue weighted by molar-refractivity contribution is 8.77. The Balaban J connectivity index is 1.79. The number of ether oxygens (including phenoxy) is 3. The summed E-state index contributed by atoms with van der Waals surface area (Å²) in [5.74, 6) is -1.50. The van der Waals surface area contributed by atoms with E-state index in [2.05, 4.69) is 33.0 Å². The molecule has 1 aliphatic rings. The number of hydroxylamine groups is 2. The van der Waals surface area contributed by atoms with Gasteiger partial charge in [0.2, 0.25) is 0 Å². The smallest absolute Gasteiger partial charge is 0.358 e. The number of imide groups is 1. The van der Waals surface area contributed by atoms with Crippen LogP contribution in [0.4, 0.5) is 0 Å². The topological polar surface area (TPSA) is 120 Å². The predicted molar refractivity (Wildman–Crippen MR) is 142 cm³/mol. The van der Waals surface area contributed by atoms with E-state index in [1.165, 1.54) is 10.8 Å². The van der Waals surface area contributed by atoms with Crippen molar-refractivity contribution >= 4 is 45.3 Å². The number of unbranched alkanes of at least 4 members (excludes halogenated alkanes) is 1. The lowest BCUT2D eigenvalue weighted by Crippen LogP contribution is -2.33. The van der Waals surface area contributed by atoms with Crippen molar-refractivity contribution in [2.24, 2.45) is 0 Å². The quantitative estimate of drug-likeness (QED) is 0.139. The van der Waals surface area contributed by atoms with Crippen molar-refractivity contribution in [3.63, 3.8) is 0 Å². The molecule has 1 N–H and O–H groups in total. The standard InChI is InChI=1S/C25H36N2O8S2/c1-5-6-12-26-24(31)18-8-7-9-19(15-18)34-17-23(36-37-25(2,3)4)33-14-13-32-16-22(30)35-27-20(28)10-11-21(27)29/h7-9,15,23H,5-6,10-14,16-17H2,1-4H3,(H,26,31). The highest BCUT2D eigenvalue weighted by atomic mass is 33.1. The molecule has 10 nitrogen and oxygen atoms in total. The molecule has 0 bridgehead atoms. The Hall–Kier alpha value is -2.28. The van der Waals surface area contributed by atoms with E-state index >= 15 is 0 Å². The highest BCUT2D eigenvalue weighted by Crippen LogP contribution is 2.38. The third-order valence-electron chi connectivity index (χ3n) is 4.65. The summed E-state index contributed by atoms with van der Waals surface area (Å²) in [5, 5.41) is 3.38. The van der Waals surface area contributed by atoms with E-state index < -0.39 is 24.4 Å². The lowest BCUT2D eigenvalue weighted by molar-refractivity contribution is -0.200. The second-order valence-electron chi connectivity index (χ2n) is 9.14. The SMILES string of the molecule is CCCCNC(=O)c1cccc(OCC(OCCOCC(=O)ON2C(=O)CCC2=O)SSC(C)(C)C)c1. The third-order valence-corrected chi connectivity index (χ3v) is 8.17. The second kappa shape index (κ2) is 15.9. The Bertz CT molecular complexity index is 906. The van der Waals surface area contributed by atoms with Crippen LogP contribution in [0, 0.1) is 0 Å². The molecular formula is C25H36N2O8S2. The second-order valence-corrected chi connectivity index (χ2v) is 12.3. The van der Waals surface area contributed by atoms with Gasteiger partial charge in [-0.05, 0) is 24.6 Å². The van der Waals surface area contributed by atoms with Crippen LogP contribution in [0.2, 0.25) is 0 Å². The zero-order chi connectivity index (χ0) is 27.3. The Morgan fingerprint density at radius 1 is 1.14 bits per heavy atom. The first-order valence-corrected chi connectivity index (χ1v) is 14.4. The largest absolute Gasteiger partial charge is 0.490 e. The van der Waals surface area contributed by atoms with E-state index in [0.717, 1.165) is 12.8 Å². The summed E-state index contributed by atoms with van der Waals surface area (Å²) in [6.07, 6.45) is 1.99. The monoisotopic (exact) mass is 556 g/mol. The maximum absolute atomic E-state index is 12.3. The molecule has 12 heteroatoms. The van der Waals surface area contributed by atoms with Crippen molar-refractivity contribution < 1.29 is 38.2 Å². The Labute approximate surface area is 225 Å². The van der Waals surface area contributed by atoms with Gasteiger partial charge >= 0.3 is 5.97 Å². The molecule has 0 saturated carbocycles. The predicted octanol–water partition coefficient (Wildman–Crippen LogP) is 3.74. The Morgan fingerprint density at radius 3 is 2.54 bits per heavy atom. The van der Waals surface area contributed by atoms with Crippen molar-refractivity contribution in [2.45, 2.75) is 63.6 Å². The van der Waals surface area contributed by atoms with Gasteiger partial charge < -0.3 is 24.4 Å². The van der Waals surface area contributed by atoms with Crippen molar-refractivity contribution in [2.75, 3.05) is 33.0 Å². The molecule has 1 atom stereocenters. The van der Waals surface area contributed by atoms with Crippen LogP contribution < -0.4 is 10.1 Å². The van der Waals surface area contributed by atoms with Crippen LogP contribution in [-0.2, 0) is 28.7 Å². The summed E-state index contributed by atoms with van der Waals surface area (Å²) >= 11 is 0. The van der Waals surface area contributed by atoms with E-state index in [0.29, 0.717) is 22.9 Å². The van der Waals surface area contributed by atoms with E-state index in [1.54, 1.807) is 35.1 Å². The van der Waals surface area contributed by atoms with E-state index in [9.17, 15) is 19.2 Å². The third kappa shape index (κ3) is 12.2. The van der Waals surface area contributed by atoms with E-state index in [4.69, 9.17) is 19.0 Å². The molecule has 1 fully saturated rings. The first-order chi connectivity index (χ1) is 17.6. The average molecular weight is 557 g/mol. The number of nitrogens with zero attached hydrogens (tertiary/aromatic N) is 1. The van der Waals surface area contributed by atoms with Gasteiger partial charge in [-0.2, -0.15) is 0 Å². The molecule has 206 valence electrons. The molecule has 1 saturated heterocycles. The number of carbonyl (C=O) groups is 4. The van der Waals surface area contributed by atoms with Crippen LogP contribution in [0.25, 0.3) is 0 Å². The number of amides is 3. The van der Waals surface area contributed by atoms with Gasteiger partial charge in [0.05, 0.1) is 13.2 Å². The lowest BCUT2D eigenvalue weighted by atomic mass is 10.2. The minimum atomic E-state index is -0.834. The van der Waals surface area contributed by atoms with Crippen LogP contribution in [0.5, 0.6) is 5.75 Å². The van der Waals surface area contributed by atoms with Gasteiger partial charge in [0.1, 0.15) is 24.4 Å². The number of hydrogen-bond donors (Lipinski definition) is 1. The van der Waals surface area contributed by atoms with Gasteiger partial charge in [0, 0.05) is 29.7 Å². The number of nitrogens with one attached hydrogen (secondary N) is 1. The highest BCUT2D eigenvalue weighted by Gasteiger charge is 2.32. The summed E-state index contributed by atoms with van der Waals surface area (Å²) in [7, 11) is 3.17. The summed E-state index contributed by atoms with van der Waals surface area (Å²) in [4.78, 5) is 51.9. The molecule has 0 aliphatic carbocycles. The van der Waals surface area contributed by atoms with Crippen LogP contribution in [0.1, 0.15) is 63.7 Å². The fourth-order valence-corrected chi connectivity index (χ4v) is 5.05. The summed E-state index contributed by atoms with van der Waals surface area (Å²) in [5.41, 5.74) is 0.182. The molecule has 1 heterocycles. The summed E-state index contributed by atoms with van der Waals surface area (Å²) in [6, 6.07) is 6.99. The summed E-state index contributed by atoms with van der Waals surface area (Å²) < 4.78 is 17.1. The van der Waals surface area contributed by atoms with Crippen LogP contribution in [0.15, 0.2) is 24.3 Å². The maximum atomic E-state index is 12.3. The van der Waals surface area contributed by atoms with Crippen LogP contribution in [-0.4, -0.2) is 71.9 Å². The summed E-state index contributed by atoms with van der Waals surface area (Å²) in [6.45, 7) is 9.06. The van der Waals surface area contributed by atoms with Gasteiger partial charge in [-0.15, -0.1) is 5.06 Å². The first kappa shape index (κ1) is 30.9. The number of hydrogen-bond acceptors (Lipinski definition) is 10. The van der Waals surface area contributed by atoms with E-state index in [1.807, 2.05) is 0 Å². The Kier molecular flexibility index (Phi) is 13.3. The fourth-order valence-electron chi connectivity index (χ4n) is 2.85. The molecular weight excluding hydrogens is 520 g/mol. The fraction of sp³-hybridized carbons (Fsp3) is 0.600. The van der Waals surface area contributed by atoms with Crippen LogP contribution in [0.3, 0.4) is 0 Å². The van der Waals surface area contributed by atoms with Crippen LogP contribution >= 0.6 is 21.6 Å². The molecule has 0 radical (unpaired) electrons. The molecule has 0 spiro atoms. The maximum Gasteiger partial charge on any atom is 0.358 e. The molecule has 0 aromatic heterocycles. The molecule has 2 rings (SSSR count). The molecule has 37 heavy (non-hydrogen) atoms. The number of rotatable bonds is 16. The molecule has 1 unspecified atom stereocenters.